The molecule has 0 aromatic heterocycles. The van der Waals surface area contributed by atoms with E-state index in [4.69, 9.17) is 9.47 Å². The molecule has 0 atom stereocenters. The first-order valence-electron chi connectivity index (χ1n) is 5.95. The van der Waals surface area contributed by atoms with Crippen LogP contribution in [0.5, 0.6) is 0 Å². The van der Waals surface area contributed by atoms with E-state index >= 15 is 0 Å². The van der Waals surface area contributed by atoms with E-state index < -0.39 is 6.29 Å². The van der Waals surface area contributed by atoms with Gasteiger partial charge in [0.25, 0.3) is 0 Å². The van der Waals surface area contributed by atoms with Crippen LogP contribution in [0.25, 0.3) is 0 Å². The molecule has 0 unspecified atom stereocenters. The quantitative estimate of drug-likeness (QED) is 0.471. The van der Waals surface area contributed by atoms with Gasteiger partial charge < -0.3 is 9.47 Å². The number of carbonyl (C=O) groups is 1. The lowest BCUT2D eigenvalue weighted by Gasteiger charge is -2.15. The second-order valence-electron chi connectivity index (χ2n) is 3.78. The molecule has 0 aliphatic rings. The average Bonchev–Trinajstić information content (AvgIpc) is 2.41. The normalized spacial score (nSPS) is 10.1. The van der Waals surface area contributed by atoms with Crippen LogP contribution in [0, 0.1) is 11.8 Å². The molecule has 0 aliphatic carbocycles. The standard InChI is InChI=1S/C15H18O3S/c1-12(16)19-11-7-6-9-13-8-4-5-10-14(13)15(17-2)18-3/h4-5,8,10,15H,7,11H2,1-3H3. The van der Waals surface area contributed by atoms with Crippen LogP contribution >= 0.6 is 11.8 Å². The van der Waals surface area contributed by atoms with Crippen molar-refractivity contribution in [1.82, 2.24) is 0 Å². The Morgan fingerprint density at radius 1 is 1.32 bits per heavy atom. The molecular weight excluding hydrogens is 260 g/mol. The van der Waals surface area contributed by atoms with Gasteiger partial charge in [0.15, 0.2) is 11.4 Å². The minimum absolute atomic E-state index is 0.126. The molecule has 102 valence electrons. The number of hydrogen-bond donors (Lipinski definition) is 0. The monoisotopic (exact) mass is 278 g/mol. The van der Waals surface area contributed by atoms with Gasteiger partial charge in [-0.05, 0) is 6.07 Å². The third kappa shape index (κ3) is 5.48. The van der Waals surface area contributed by atoms with E-state index in [9.17, 15) is 4.79 Å². The fourth-order valence-corrected chi connectivity index (χ4v) is 2.06. The van der Waals surface area contributed by atoms with Crippen molar-refractivity contribution >= 4 is 16.9 Å². The van der Waals surface area contributed by atoms with Crippen molar-refractivity contribution in [2.45, 2.75) is 19.6 Å². The zero-order valence-corrected chi connectivity index (χ0v) is 12.3. The molecule has 19 heavy (non-hydrogen) atoms. The molecule has 0 saturated carbocycles. The van der Waals surface area contributed by atoms with Crippen LogP contribution in [-0.4, -0.2) is 25.1 Å². The highest BCUT2D eigenvalue weighted by Crippen LogP contribution is 2.20. The zero-order valence-electron chi connectivity index (χ0n) is 11.4. The predicted molar refractivity (Wildman–Crippen MR) is 77.8 cm³/mol. The van der Waals surface area contributed by atoms with Gasteiger partial charge in [0.2, 0.25) is 0 Å². The zero-order chi connectivity index (χ0) is 14.1. The van der Waals surface area contributed by atoms with Crippen molar-refractivity contribution < 1.29 is 14.3 Å². The third-order valence-corrected chi connectivity index (χ3v) is 3.21. The number of thioether (sulfide) groups is 1. The van der Waals surface area contributed by atoms with E-state index in [1.807, 2.05) is 24.3 Å². The maximum atomic E-state index is 10.8. The molecule has 0 fully saturated rings. The number of ether oxygens (including phenoxy) is 2. The average molecular weight is 278 g/mol. The van der Waals surface area contributed by atoms with Crippen molar-refractivity contribution in [2.24, 2.45) is 0 Å². The number of rotatable bonds is 5. The second kappa shape index (κ2) is 8.76. The Labute approximate surface area is 118 Å². The molecule has 1 aromatic carbocycles. The lowest BCUT2D eigenvalue weighted by atomic mass is 10.1. The lowest BCUT2D eigenvalue weighted by molar-refractivity contribution is -0.109. The molecule has 0 N–H and O–H groups in total. The van der Waals surface area contributed by atoms with Crippen molar-refractivity contribution in [3.8, 4) is 11.8 Å². The SMILES string of the molecule is COC(OC)c1ccccc1C#CCCSC(C)=O. The van der Waals surface area contributed by atoms with E-state index in [0.717, 1.165) is 16.9 Å². The summed E-state index contributed by atoms with van der Waals surface area (Å²) in [6.45, 7) is 1.56. The van der Waals surface area contributed by atoms with Crippen LogP contribution in [0.15, 0.2) is 24.3 Å². The highest BCUT2D eigenvalue weighted by molar-refractivity contribution is 8.13. The van der Waals surface area contributed by atoms with Crippen LogP contribution in [0.4, 0.5) is 0 Å². The first-order valence-corrected chi connectivity index (χ1v) is 6.94. The molecule has 0 bridgehead atoms. The van der Waals surface area contributed by atoms with Gasteiger partial charge in [-0.3, -0.25) is 4.79 Å². The van der Waals surface area contributed by atoms with Gasteiger partial charge in [0.05, 0.1) is 0 Å². The summed E-state index contributed by atoms with van der Waals surface area (Å²) < 4.78 is 10.5. The third-order valence-electron chi connectivity index (χ3n) is 2.40. The van der Waals surface area contributed by atoms with E-state index in [0.29, 0.717) is 6.42 Å². The largest absolute Gasteiger partial charge is 0.352 e. The van der Waals surface area contributed by atoms with Gasteiger partial charge in [-0.25, -0.2) is 0 Å². The Balaban J connectivity index is 2.72. The molecule has 0 saturated heterocycles. The molecule has 0 aliphatic heterocycles. The fraction of sp³-hybridized carbons (Fsp3) is 0.400. The summed E-state index contributed by atoms with van der Waals surface area (Å²) in [6, 6.07) is 7.73. The summed E-state index contributed by atoms with van der Waals surface area (Å²) in [7, 11) is 3.20. The maximum absolute atomic E-state index is 10.8. The fourth-order valence-electron chi connectivity index (χ4n) is 1.57. The van der Waals surface area contributed by atoms with E-state index in [1.54, 1.807) is 21.1 Å². The summed E-state index contributed by atoms with van der Waals surface area (Å²) in [5, 5.41) is 0.126. The number of carbonyl (C=O) groups excluding carboxylic acids is 1. The second-order valence-corrected chi connectivity index (χ2v) is 5.05. The van der Waals surface area contributed by atoms with Crippen LogP contribution in [0.1, 0.15) is 30.8 Å². The van der Waals surface area contributed by atoms with Gasteiger partial charge in [0, 0.05) is 44.4 Å². The van der Waals surface area contributed by atoms with Gasteiger partial charge in [0.1, 0.15) is 0 Å². The summed E-state index contributed by atoms with van der Waals surface area (Å²) >= 11 is 1.30. The molecule has 0 radical (unpaired) electrons. The Morgan fingerprint density at radius 3 is 2.63 bits per heavy atom. The Morgan fingerprint density at radius 2 is 2.00 bits per heavy atom. The highest BCUT2D eigenvalue weighted by atomic mass is 32.2. The molecule has 0 spiro atoms. The van der Waals surface area contributed by atoms with Crippen molar-refractivity contribution in [2.75, 3.05) is 20.0 Å². The summed E-state index contributed by atoms with van der Waals surface area (Å²) in [4.78, 5) is 10.8. The molecule has 0 heterocycles. The first kappa shape index (κ1) is 15.8. The first-order chi connectivity index (χ1) is 9.19. The smallest absolute Gasteiger partial charge is 0.185 e. The molecule has 0 amide bonds. The van der Waals surface area contributed by atoms with Crippen LogP contribution in [0.3, 0.4) is 0 Å². The number of hydrogen-bond acceptors (Lipinski definition) is 4. The summed E-state index contributed by atoms with van der Waals surface area (Å²) in [6.07, 6.45) is 0.278. The molecular formula is C15H18O3S. The molecule has 1 rings (SSSR count). The topological polar surface area (TPSA) is 35.5 Å². The van der Waals surface area contributed by atoms with E-state index in [2.05, 4.69) is 11.8 Å². The van der Waals surface area contributed by atoms with Gasteiger partial charge >= 0.3 is 0 Å². The lowest BCUT2D eigenvalue weighted by Crippen LogP contribution is -2.05. The van der Waals surface area contributed by atoms with Crippen LogP contribution in [0.2, 0.25) is 0 Å². The Kier molecular flexibility index (Phi) is 7.27. The predicted octanol–water partition coefficient (Wildman–Crippen LogP) is 3.00. The maximum Gasteiger partial charge on any atom is 0.185 e. The summed E-state index contributed by atoms with van der Waals surface area (Å²) in [5.41, 5.74) is 1.81. The molecule has 4 heteroatoms. The minimum atomic E-state index is -0.405. The van der Waals surface area contributed by atoms with E-state index in [1.165, 1.54) is 11.8 Å². The van der Waals surface area contributed by atoms with Crippen molar-refractivity contribution in [3.05, 3.63) is 35.4 Å². The number of benzene rings is 1. The minimum Gasteiger partial charge on any atom is -0.352 e. The molecule has 3 nitrogen and oxygen atoms in total. The van der Waals surface area contributed by atoms with Gasteiger partial charge in [-0.1, -0.05) is 41.8 Å². The van der Waals surface area contributed by atoms with Crippen molar-refractivity contribution in [3.63, 3.8) is 0 Å². The van der Waals surface area contributed by atoms with Crippen LogP contribution < -0.4 is 0 Å². The highest BCUT2D eigenvalue weighted by Gasteiger charge is 2.11. The van der Waals surface area contributed by atoms with Gasteiger partial charge in [-0.2, -0.15) is 0 Å². The molecule has 1 aromatic rings. The van der Waals surface area contributed by atoms with E-state index in [-0.39, 0.29) is 5.12 Å². The van der Waals surface area contributed by atoms with Gasteiger partial charge in [-0.15, -0.1) is 0 Å². The van der Waals surface area contributed by atoms with Crippen LogP contribution in [-0.2, 0) is 14.3 Å². The number of methoxy groups -OCH3 is 2. The Bertz CT molecular complexity index is 470. The summed E-state index contributed by atoms with van der Waals surface area (Å²) in [5.74, 6) is 6.89. The Hall–Kier alpha value is -1.28. The van der Waals surface area contributed by atoms with Crippen molar-refractivity contribution in [1.29, 1.82) is 0 Å².